The number of sulfonamides is 1. The Morgan fingerprint density at radius 3 is 2.58 bits per heavy atom. The van der Waals surface area contributed by atoms with Crippen molar-refractivity contribution in [2.45, 2.75) is 38.2 Å². The molecule has 1 aromatic carbocycles. The van der Waals surface area contributed by atoms with E-state index in [4.69, 9.17) is 9.26 Å². The van der Waals surface area contributed by atoms with Gasteiger partial charge in [0.2, 0.25) is 0 Å². The first-order valence-electron chi connectivity index (χ1n) is 7.17. The quantitative estimate of drug-likeness (QED) is 0.851. The normalized spacial score (nSPS) is 12.7. The van der Waals surface area contributed by atoms with Gasteiger partial charge in [-0.3, -0.25) is 4.79 Å². The van der Waals surface area contributed by atoms with E-state index in [0.717, 1.165) is 0 Å². The average Bonchev–Trinajstić information content (AvgIpc) is 2.85. The van der Waals surface area contributed by atoms with Crippen molar-refractivity contribution in [3.05, 3.63) is 41.5 Å². The van der Waals surface area contributed by atoms with E-state index in [0.29, 0.717) is 0 Å². The number of hydrogen-bond acceptors (Lipinski definition) is 6. The Kier molecular flexibility index (Phi) is 5.23. The van der Waals surface area contributed by atoms with Crippen LogP contribution in [0.2, 0.25) is 0 Å². The van der Waals surface area contributed by atoms with Crippen molar-refractivity contribution in [2.24, 2.45) is 0 Å². The number of rotatable bonds is 6. The molecule has 0 spiro atoms. The van der Waals surface area contributed by atoms with Crippen molar-refractivity contribution in [3.8, 4) is 5.75 Å². The highest BCUT2D eigenvalue weighted by Crippen LogP contribution is 2.20. The fraction of sp³-hybridized carbons (Fsp3) is 0.333. The van der Waals surface area contributed by atoms with Gasteiger partial charge >= 0.3 is 0 Å². The van der Waals surface area contributed by atoms with Gasteiger partial charge in [0.15, 0.2) is 28.3 Å². The zero-order chi connectivity index (χ0) is 17.9. The topological polar surface area (TPSA) is 98.5 Å². The zero-order valence-corrected chi connectivity index (χ0v) is 14.2. The molecule has 9 heteroatoms. The molecule has 0 aliphatic carbocycles. The van der Waals surface area contributed by atoms with Crippen molar-refractivity contribution < 1.29 is 26.9 Å². The van der Waals surface area contributed by atoms with E-state index in [1.165, 1.54) is 32.0 Å². The van der Waals surface area contributed by atoms with Crippen LogP contribution in [0.15, 0.2) is 33.7 Å². The summed E-state index contributed by atoms with van der Waals surface area (Å²) in [6, 6.07) is 5.56. The third kappa shape index (κ3) is 3.73. The monoisotopic (exact) mass is 356 g/mol. The van der Waals surface area contributed by atoms with Crippen molar-refractivity contribution in [1.29, 1.82) is 0 Å². The first-order chi connectivity index (χ1) is 11.3. The summed E-state index contributed by atoms with van der Waals surface area (Å²) in [6.07, 6.45) is -1.02. The third-order valence-electron chi connectivity index (χ3n) is 3.24. The second-order valence-corrected chi connectivity index (χ2v) is 6.69. The summed E-state index contributed by atoms with van der Waals surface area (Å²) in [6.45, 7) is 4.49. The van der Waals surface area contributed by atoms with Crippen LogP contribution in [0, 0.1) is 19.7 Å². The van der Waals surface area contributed by atoms with Gasteiger partial charge in [-0.15, -0.1) is 0 Å². The van der Waals surface area contributed by atoms with Crippen molar-refractivity contribution in [2.75, 3.05) is 0 Å². The first-order valence-corrected chi connectivity index (χ1v) is 8.65. The number of carbonyl (C=O) groups is 1. The van der Waals surface area contributed by atoms with Crippen molar-refractivity contribution in [1.82, 2.24) is 9.88 Å². The molecule has 1 atom stereocenters. The van der Waals surface area contributed by atoms with Gasteiger partial charge in [-0.25, -0.2) is 17.5 Å². The van der Waals surface area contributed by atoms with E-state index < -0.39 is 27.9 Å². The number of carbonyl (C=O) groups excluding carboxylic acids is 1. The van der Waals surface area contributed by atoms with Crippen LogP contribution in [-0.4, -0.2) is 25.6 Å². The number of amides is 1. The minimum absolute atomic E-state index is 0.0656. The maximum absolute atomic E-state index is 13.6. The van der Waals surface area contributed by atoms with Crippen LogP contribution in [0.3, 0.4) is 0 Å². The van der Waals surface area contributed by atoms with E-state index >= 15 is 0 Å². The summed E-state index contributed by atoms with van der Waals surface area (Å²) in [5, 5.41) is 3.55. The van der Waals surface area contributed by atoms with E-state index in [-0.39, 0.29) is 28.5 Å². The lowest BCUT2D eigenvalue weighted by atomic mass is 10.2. The molecular formula is C15H17FN2O5S. The molecule has 1 N–H and O–H groups in total. The molecule has 0 fully saturated rings. The lowest BCUT2D eigenvalue weighted by Crippen LogP contribution is -2.41. The predicted octanol–water partition coefficient (Wildman–Crippen LogP) is 2.09. The van der Waals surface area contributed by atoms with Gasteiger partial charge < -0.3 is 9.26 Å². The zero-order valence-electron chi connectivity index (χ0n) is 13.4. The number of hydrogen-bond donors (Lipinski definition) is 1. The Hall–Kier alpha value is -2.42. The summed E-state index contributed by atoms with van der Waals surface area (Å²) < 4.78 is 50.3. The molecule has 24 heavy (non-hydrogen) atoms. The molecule has 0 aliphatic rings. The van der Waals surface area contributed by atoms with E-state index in [1.54, 1.807) is 13.0 Å². The summed E-state index contributed by atoms with van der Waals surface area (Å²) in [4.78, 5) is 12.0. The van der Waals surface area contributed by atoms with Gasteiger partial charge in [0.1, 0.15) is 5.69 Å². The van der Waals surface area contributed by atoms with Crippen LogP contribution in [0.4, 0.5) is 4.39 Å². The Labute approximate surface area is 138 Å². The Balaban J connectivity index is 2.19. The molecular weight excluding hydrogens is 339 g/mol. The SMILES string of the molecule is CC[C@@H](Oc1ccccc1F)C(=O)NS(=O)(=O)c1c(C)noc1C. The molecule has 1 amide bonds. The van der Waals surface area contributed by atoms with Crippen molar-refractivity contribution in [3.63, 3.8) is 0 Å². The number of halogens is 1. The summed E-state index contributed by atoms with van der Waals surface area (Å²) in [5.74, 6) is -1.61. The highest BCUT2D eigenvalue weighted by atomic mass is 32.2. The van der Waals surface area contributed by atoms with Crippen LogP contribution < -0.4 is 9.46 Å². The molecule has 0 saturated carbocycles. The summed E-state index contributed by atoms with van der Waals surface area (Å²) in [7, 11) is -4.16. The largest absolute Gasteiger partial charge is 0.478 e. The molecule has 0 radical (unpaired) electrons. The molecule has 1 aromatic heterocycles. The fourth-order valence-electron chi connectivity index (χ4n) is 2.12. The maximum Gasteiger partial charge on any atom is 0.274 e. The first kappa shape index (κ1) is 17.9. The number of aryl methyl sites for hydroxylation is 2. The lowest BCUT2D eigenvalue weighted by molar-refractivity contribution is -0.126. The van der Waals surface area contributed by atoms with Gasteiger partial charge in [-0.05, 0) is 32.4 Å². The second kappa shape index (κ2) is 7.00. The molecule has 2 aromatic rings. The van der Waals surface area contributed by atoms with Gasteiger partial charge in [0, 0.05) is 0 Å². The van der Waals surface area contributed by atoms with Crippen LogP contribution >= 0.6 is 0 Å². The average molecular weight is 356 g/mol. The van der Waals surface area contributed by atoms with Crippen LogP contribution in [0.1, 0.15) is 24.8 Å². The molecule has 1 heterocycles. The van der Waals surface area contributed by atoms with E-state index in [1.807, 2.05) is 4.72 Å². The molecule has 0 bridgehead atoms. The number of nitrogens with one attached hydrogen (secondary N) is 1. The predicted molar refractivity (Wildman–Crippen MR) is 82.4 cm³/mol. The Morgan fingerprint density at radius 2 is 2.04 bits per heavy atom. The molecule has 7 nitrogen and oxygen atoms in total. The number of benzene rings is 1. The summed E-state index contributed by atoms with van der Waals surface area (Å²) in [5.41, 5.74) is 0.135. The minimum Gasteiger partial charge on any atom is -0.478 e. The van der Waals surface area contributed by atoms with Crippen LogP contribution in [-0.2, 0) is 14.8 Å². The highest BCUT2D eigenvalue weighted by Gasteiger charge is 2.30. The summed E-state index contributed by atoms with van der Waals surface area (Å²) >= 11 is 0. The highest BCUT2D eigenvalue weighted by molar-refractivity contribution is 7.90. The Bertz CT molecular complexity index is 828. The Morgan fingerprint density at radius 1 is 1.38 bits per heavy atom. The van der Waals surface area contributed by atoms with Crippen LogP contribution in [0.5, 0.6) is 5.75 Å². The molecule has 130 valence electrons. The maximum atomic E-state index is 13.6. The van der Waals surface area contributed by atoms with E-state index in [2.05, 4.69) is 5.16 Å². The third-order valence-corrected chi connectivity index (χ3v) is 4.83. The van der Waals surface area contributed by atoms with Gasteiger partial charge in [0.25, 0.3) is 15.9 Å². The molecule has 0 aliphatic heterocycles. The lowest BCUT2D eigenvalue weighted by Gasteiger charge is -2.17. The fourth-order valence-corrected chi connectivity index (χ4v) is 3.46. The van der Waals surface area contributed by atoms with Crippen molar-refractivity contribution >= 4 is 15.9 Å². The smallest absolute Gasteiger partial charge is 0.274 e. The van der Waals surface area contributed by atoms with Crippen LogP contribution in [0.25, 0.3) is 0 Å². The van der Waals surface area contributed by atoms with Gasteiger partial charge in [0.05, 0.1) is 0 Å². The van der Waals surface area contributed by atoms with Gasteiger partial charge in [-0.1, -0.05) is 24.2 Å². The number of ether oxygens (including phenoxy) is 1. The van der Waals surface area contributed by atoms with Gasteiger partial charge in [-0.2, -0.15) is 0 Å². The molecule has 0 saturated heterocycles. The van der Waals surface area contributed by atoms with E-state index in [9.17, 15) is 17.6 Å². The molecule has 2 rings (SSSR count). The number of nitrogens with zero attached hydrogens (tertiary/aromatic N) is 1. The number of aromatic nitrogens is 1. The standard InChI is InChI=1S/C15H17FN2O5S/c1-4-12(22-13-8-6-5-7-11(13)16)15(19)18-24(20,21)14-9(2)17-23-10(14)3/h5-8,12H,4H2,1-3H3,(H,18,19)/t12-/m1/s1. The second-order valence-electron chi connectivity index (χ2n) is 5.07. The minimum atomic E-state index is -4.16. The number of para-hydroxylation sites is 1. The molecule has 0 unspecified atom stereocenters.